The van der Waals surface area contributed by atoms with Gasteiger partial charge in [0.1, 0.15) is 0 Å². The number of allylic oxidation sites excluding steroid dienone is 1. The van der Waals surface area contributed by atoms with Crippen molar-refractivity contribution in [3.8, 4) is 16.8 Å². The van der Waals surface area contributed by atoms with E-state index in [1.807, 2.05) is 13.0 Å². The standard InChI is InChI=1S/C29H30N2O2/c1-18-25-15-14-24-26(21-8-9-21)30-31(28(24)29(25,2)16-22(17-32)27(18)33)23-12-10-20(11-13-23)19-6-4-3-5-7-19/h3-7,10-13,17-18,21,25,32H,8-9,14-16H2,1-2H3/b22-17-/t18-,25-,29-/m1/s1. The average molecular weight is 439 g/mol. The van der Waals surface area contributed by atoms with Crippen molar-refractivity contribution in [3.63, 3.8) is 0 Å². The lowest BCUT2D eigenvalue weighted by Crippen LogP contribution is -2.48. The molecule has 33 heavy (non-hydrogen) atoms. The minimum absolute atomic E-state index is 0.0940. The Labute approximate surface area is 195 Å². The highest BCUT2D eigenvalue weighted by Gasteiger charge is 2.53. The summed E-state index contributed by atoms with van der Waals surface area (Å²) in [6.45, 7) is 4.32. The van der Waals surface area contributed by atoms with Crippen LogP contribution in [0.15, 0.2) is 66.4 Å². The molecule has 0 aliphatic heterocycles. The Hall–Kier alpha value is -3.14. The number of carbonyl (C=O) groups excluding carboxylic acids is 1. The maximum atomic E-state index is 12.9. The summed E-state index contributed by atoms with van der Waals surface area (Å²) in [6.07, 6.45) is 6.04. The van der Waals surface area contributed by atoms with Gasteiger partial charge in [0, 0.05) is 22.8 Å². The zero-order valence-electron chi connectivity index (χ0n) is 19.3. The molecule has 0 spiro atoms. The average Bonchev–Trinajstić information content (AvgIpc) is 3.62. The van der Waals surface area contributed by atoms with E-state index in [0.29, 0.717) is 17.9 Å². The number of hydrogen-bond donors (Lipinski definition) is 1. The Bertz CT molecular complexity index is 1250. The summed E-state index contributed by atoms with van der Waals surface area (Å²) in [7, 11) is 0. The summed E-state index contributed by atoms with van der Waals surface area (Å²) < 4.78 is 2.17. The molecule has 3 atom stereocenters. The third-order valence-corrected chi connectivity index (χ3v) is 8.31. The van der Waals surface area contributed by atoms with E-state index < -0.39 is 0 Å². The van der Waals surface area contributed by atoms with Crippen molar-refractivity contribution < 1.29 is 9.90 Å². The van der Waals surface area contributed by atoms with Crippen molar-refractivity contribution in [1.82, 2.24) is 9.78 Å². The molecule has 2 fully saturated rings. The second-order valence-electron chi connectivity index (χ2n) is 10.4. The highest BCUT2D eigenvalue weighted by molar-refractivity contribution is 5.98. The molecule has 4 nitrogen and oxygen atoms in total. The van der Waals surface area contributed by atoms with Crippen LogP contribution < -0.4 is 0 Å². The predicted molar refractivity (Wildman–Crippen MR) is 130 cm³/mol. The highest BCUT2D eigenvalue weighted by Crippen LogP contribution is 2.55. The van der Waals surface area contributed by atoms with Crippen LogP contribution in [-0.2, 0) is 16.6 Å². The number of rotatable bonds is 3. The first kappa shape index (κ1) is 20.5. The second-order valence-corrected chi connectivity index (χ2v) is 10.4. The van der Waals surface area contributed by atoms with Crippen LogP contribution in [0.2, 0.25) is 0 Å². The molecule has 3 aliphatic carbocycles. The van der Waals surface area contributed by atoms with Crippen molar-refractivity contribution in [2.75, 3.05) is 0 Å². The van der Waals surface area contributed by atoms with E-state index in [0.717, 1.165) is 24.8 Å². The fourth-order valence-electron chi connectivity index (χ4n) is 6.48. The van der Waals surface area contributed by atoms with Crippen LogP contribution in [0.25, 0.3) is 16.8 Å². The van der Waals surface area contributed by atoms with Crippen LogP contribution in [0.4, 0.5) is 0 Å². The molecule has 2 saturated carbocycles. The van der Waals surface area contributed by atoms with Gasteiger partial charge in [-0.2, -0.15) is 5.10 Å². The monoisotopic (exact) mass is 438 g/mol. The first-order chi connectivity index (χ1) is 16.0. The Morgan fingerprint density at radius 3 is 2.39 bits per heavy atom. The van der Waals surface area contributed by atoms with Gasteiger partial charge in [-0.05, 0) is 66.8 Å². The lowest BCUT2D eigenvalue weighted by molar-refractivity contribution is -0.124. The van der Waals surface area contributed by atoms with Gasteiger partial charge >= 0.3 is 0 Å². The van der Waals surface area contributed by atoms with Gasteiger partial charge in [-0.3, -0.25) is 4.79 Å². The Morgan fingerprint density at radius 2 is 1.73 bits per heavy atom. The summed E-state index contributed by atoms with van der Waals surface area (Å²) in [6, 6.07) is 19.1. The van der Waals surface area contributed by atoms with Crippen molar-refractivity contribution in [2.45, 2.75) is 57.3 Å². The lowest BCUT2D eigenvalue weighted by Gasteiger charge is -2.48. The van der Waals surface area contributed by atoms with Gasteiger partial charge in [0.25, 0.3) is 0 Å². The lowest BCUT2D eigenvalue weighted by atomic mass is 9.55. The summed E-state index contributed by atoms with van der Waals surface area (Å²) in [5.74, 6) is 0.833. The van der Waals surface area contributed by atoms with Crippen LogP contribution in [0.1, 0.15) is 62.4 Å². The summed E-state index contributed by atoms with van der Waals surface area (Å²) in [4.78, 5) is 12.9. The molecule has 6 rings (SSSR count). The number of Topliss-reactive ketones (excluding diaryl/α,β-unsaturated/α-hetero) is 1. The Balaban J connectivity index is 1.49. The summed E-state index contributed by atoms with van der Waals surface area (Å²) in [5, 5.41) is 15.1. The number of carbonyl (C=O) groups is 1. The molecule has 0 unspecified atom stereocenters. The van der Waals surface area contributed by atoms with Gasteiger partial charge in [0.05, 0.1) is 23.3 Å². The van der Waals surface area contributed by atoms with Gasteiger partial charge in [-0.25, -0.2) is 4.68 Å². The fraction of sp³-hybridized carbons (Fsp3) is 0.379. The van der Waals surface area contributed by atoms with Crippen LogP contribution >= 0.6 is 0 Å². The molecule has 0 radical (unpaired) electrons. The van der Waals surface area contributed by atoms with Crippen LogP contribution in [0.5, 0.6) is 0 Å². The van der Waals surface area contributed by atoms with E-state index in [2.05, 4.69) is 60.1 Å². The predicted octanol–water partition coefficient (Wildman–Crippen LogP) is 6.29. The molecule has 0 bridgehead atoms. The molecule has 168 valence electrons. The van der Waals surface area contributed by atoms with E-state index >= 15 is 0 Å². The van der Waals surface area contributed by atoms with E-state index in [-0.39, 0.29) is 23.0 Å². The third kappa shape index (κ3) is 3.11. The Kier molecular flexibility index (Phi) is 4.62. The number of benzene rings is 2. The van der Waals surface area contributed by atoms with Crippen molar-refractivity contribution in [1.29, 1.82) is 0 Å². The molecule has 0 saturated heterocycles. The van der Waals surface area contributed by atoms with E-state index in [1.54, 1.807) is 0 Å². The number of fused-ring (bicyclic) bond motifs is 3. The number of aromatic nitrogens is 2. The molecule has 4 heteroatoms. The first-order valence-corrected chi connectivity index (χ1v) is 12.2. The minimum atomic E-state index is -0.228. The van der Waals surface area contributed by atoms with Gasteiger partial charge in [-0.1, -0.05) is 56.3 Å². The van der Waals surface area contributed by atoms with E-state index in [9.17, 15) is 9.90 Å². The van der Waals surface area contributed by atoms with E-state index in [4.69, 9.17) is 5.10 Å². The minimum Gasteiger partial charge on any atom is -0.515 e. The van der Waals surface area contributed by atoms with Crippen LogP contribution in [-0.4, -0.2) is 20.7 Å². The summed E-state index contributed by atoms with van der Waals surface area (Å²) >= 11 is 0. The van der Waals surface area contributed by atoms with Gasteiger partial charge in [-0.15, -0.1) is 0 Å². The zero-order valence-corrected chi connectivity index (χ0v) is 19.3. The Morgan fingerprint density at radius 1 is 1.03 bits per heavy atom. The number of hydrogen-bond acceptors (Lipinski definition) is 3. The van der Waals surface area contributed by atoms with Crippen molar-refractivity contribution in [3.05, 3.63) is 83.4 Å². The molecule has 1 heterocycles. The fourth-order valence-corrected chi connectivity index (χ4v) is 6.48. The number of ketones is 1. The molecule has 3 aromatic rings. The summed E-state index contributed by atoms with van der Waals surface area (Å²) in [5.41, 5.74) is 7.69. The maximum absolute atomic E-state index is 12.9. The molecule has 1 N–H and O–H groups in total. The van der Waals surface area contributed by atoms with E-state index in [1.165, 1.54) is 40.9 Å². The van der Waals surface area contributed by atoms with Crippen LogP contribution in [0.3, 0.4) is 0 Å². The zero-order chi connectivity index (χ0) is 22.7. The number of nitrogens with zero attached hydrogens (tertiary/aromatic N) is 2. The molecular formula is C29H30N2O2. The topological polar surface area (TPSA) is 55.1 Å². The number of aliphatic hydroxyl groups is 1. The maximum Gasteiger partial charge on any atom is 0.165 e. The first-order valence-electron chi connectivity index (χ1n) is 12.2. The second kappa shape index (κ2) is 7.44. The SMILES string of the molecule is C[C@H]1C(=O)/C(=C\O)C[C@@]2(C)c3c(c(C4CC4)nn3-c3ccc(-c4ccccc4)cc3)CC[C@H]12. The molecule has 3 aliphatic rings. The molecule has 1 aromatic heterocycles. The van der Waals surface area contributed by atoms with Crippen molar-refractivity contribution in [2.24, 2.45) is 11.8 Å². The smallest absolute Gasteiger partial charge is 0.165 e. The third-order valence-electron chi connectivity index (χ3n) is 8.31. The van der Waals surface area contributed by atoms with Gasteiger partial charge < -0.3 is 5.11 Å². The van der Waals surface area contributed by atoms with Gasteiger partial charge in [0.15, 0.2) is 5.78 Å². The quantitative estimate of drug-likeness (QED) is 0.386. The van der Waals surface area contributed by atoms with Crippen molar-refractivity contribution >= 4 is 5.78 Å². The normalized spacial score (nSPS) is 27.9. The van der Waals surface area contributed by atoms with Crippen LogP contribution in [0, 0.1) is 11.8 Å². The van der Waals surface area contributed by atoms with Gasteiger partial charge in [0.2, 0.25) is 0 Å². The molecule has 2 aromatic carbocycles. The molecular weight excluding hydrogens is 408 g/mol. The highest BCUT2D eigenvalue weighted by atomic mass is 16.2. The largest absolute Gasteiger partial charge is 0.515 e. The number of aliphatic hydroxyl groups excluding tert-OH is 1. The molecule has 0 amide bonds.